The molecule has 1 aliphatic carbocycles. The Labute approximate surface area is 115 Å². The Morgan fingerprint density at radius 2 is 2.21 bits per heavy atom. The number of thioether (sulfide) groups is 1. The number of nitrogens with zero attached hydrogens (tertiary/aromatic N) is 4. The van der Waals surface area contributed by atoms with Gasteiger partial charge in [0.1, 0.15) is 0 Å². The molecule has 0 aromatic carbocycles. The molecular formula is C13H16N4OS. The van der Waals surface area contributed by atoms with Gasteiger partial charge in [0.2, 0.25) is 5.78 Å². The second kappa shape index (κ2) is 4.85. The zero-order valence-corrected chi connectivity index (χ0v) is 11.7. The molecule has 2 aromatic heterocycles. The lowest BCUT2D eigenvalue weighted by atomic mass is 9.97. The molecule has 6 heteroatoms. The van der Waals surface area contributed by atoms with E-state index in [9.17, 15) is 4.79 Å². The molecule has 19 heavy (non-hydrogen) atoms. The highest BCUT2D eigenvalue weighted by molar-refractivity contribution is 7.98. The third kappa shape index (κ3) is 1.90. The molecule has 0 radical (unpaired) electrons. The minimum Gasteiger partial charge on any atom is -0.284 e. The van der Waals surface area contributed by atoms with E-state index in [0.29, 0.717) is 12.3 Å². The highest BCUT2D eigenvalue weighted by Gasteiger charge is 2.20. The molecule has 0 fully saturated rings. The summed E-state index contributed by atoms with van der Waals surface area (Å²) in [5.74, 6) is 0.634. The highest BCUT2D eigenvalue weighted by atomic mass is 32.2. The van der Waals surface area contributed by atoms with Gasteiger partial charge in [0.05, 0.1) is 5.69 Å². The van der Waals surface area contributed by atoms with E-state index in [1.54, 1.807) is 6.08 Å². The van der Waals surface area contributed by atoms with Crippen molar-refractivity contribution < 1.29 is 0 Å². The quantitative estimate of drug-likeness (QED) is 0.632. The van der Waals surface area contributed by atoms with E-state index in [0.717, 1.165) is 42.1 Å². The Kier molecular flexibility index (Phi) is 3.18. The maximum atomic E-state index is 12.5. The largest absolute Gasteiger partial charge is 0.284 e. The summed E-state index contributed by atoms with van der Waals surface area (Å²) in [6, 6.07) is 0. The number of aryl methyl sites for hydroxylation is 1. The molecule has 5 nitrogen and oxygen atoms in total. The van der Waals surface area contributed by atoms with E-state index in [1.165, 1.54) is 16.3 Å². The number of fused-ring (bicyclic) bond motifs is 2. The van der Waals surface area contributed by atoms with Crippen molar-refractivity contribution in [1.29, 1.82) is 0 Å². The second-order valence-electron chi connectivity index (χ2n) is 4.65. The van der Waals surface area contributed by atoms with Gasteiger partial charge in [0, 0.05) is 12.1 Å². The van der Waals surface area contributed by atoms with Gasteiger partial charge in [-0.3, -0.25) is 9.36 Å². The fraction of sp³-hybridized carbons (Fsp3) is 0.462. The molecule has 0 spiro atoms. The van der Waals surface area contributed by atoms with Crippen molar-refractivity contribution in [3.63, 3.8) is 0 Å². The van der Waals surface area contributed by atoms with Gasteiger partial charge in [-0.1, -0.05) is 17.8 Å². The van der Waals surface area contributed by atoms with Crippen LogP contribution in [0.2, 0.25) is 0 Å². The van der Waals surface area contributed by atoms with Crippen LogP contribution in [0.25, 0.3) is 5.78 Å². The lowest BCUT2D eigenvalue weighted by Gasteiger charge is -2.13. The standard InChI is InChI=1S/C13H16N4OS/c1-3-8-16-12-14-10-7-5-4-6-9(10)11(18)17(12)15-13(16)19-2/h3H,1,4-8H2,2H3. The van der Waals surface area contributed by atoms with Crippen LogP contribution in [0.5, 0.6) is 0 Å². The first-order chi connectivity index (χ1) is 9.26. The second-order valence-corrected chi connectivity index (χ2v) is 5.42. The SMILES string of the molecule is C=CCn1c(SC)nn2c(=O)c3c(nc12)CCCC3. The number of rotatable bonds is 3. The van der Waals surface area contributed by atoms with Crippen molar-refractivity contribution in [1.82, 2.24) is 19.2 Å². The lowest BCUT2D eigenvalue weighted by molar-refractivity contribution is 0.648. The van der Waals surface area contributed by atoms with Gasteiger partial charge in [0.25, 0.3) is 5.56 Å². The van der Waals surface area contributed by atoms with Crippen LogP contribution in [0.15, 0.2) is 22.6 Å². The molecule has 0 N–H and O–H groups in total. The molecule has 0 aliphatic heterocycles. The predicted octanol–water partition coefficient (Wildman–Crippen LogP) is 1.68. The minimum atomic E-state index is -0.00203. The van der Waals surface area contributed by atoms with Crippen LogP contribution in [0.1, 0.15) is 24.1 Å². The monoisotopic (exact) mass is 276 g/mol. The summed E-state index contributed by atoms with van der Waals surface area (Å²) in [4.78, 5) is 17.1. The molecule has 0 bridgehead atoms. The van der Waals surface area contributed by atoms with Gasteiger partial charge in [-0.05, 0) is 31.9 Å². The predicted molar refractivity (Wildman–Crippen MR) is 75.9 cm³/mol. The summed E-state index contributed by atoms with van der Waals surface area (Å²) in [5, 5.41) is 5.18. The van der Waals surface area contributed by atoms with Crippen LogP contribution in [-0.4, -0.2) is 25.4 Å². The number of hydrogen-bond acceptors (Lipinski definition) is 4. The average Bonchev–Trinajstić information content (AvgIpc) is 2.78. The van der Waals surface area contributed by atoms with Gasteiger partial charge in [-0.25, -0.2) is 4.98 Å². The normalized spacial score (nSPS) is 14.6. The summed E-state index contributed by atoms with van der Waals surface area (Å²) in [5.41, 5.74) is 1.80. The molecule has 2 heterocycles. The average molecular weight is 276 g/mol. The van der Waals surface area contributed by atoms with Gasteiger partial charge < -0.3 is 0 Å². The maximum absolute atomic E-state index is 12.5. The van der Waals surface area contributed by atoms with Gasteiger partial charge >= 0.3 is 0 Å². The van der Waals surface area contributed by atoms with Gasteiger partial charge in [0.15, 0.2) is 5.16 Å². The van der Waals surface area contributed by atoms with Crippen molar-refractivity contribution in [2.24, 2.45) is 0 Å². The van der Waals surface area contributed by atoms with Crippen molar-refractivity contribution in [3.8, 4) is 0 Å². The molecule has 0 atom stereocenters. The number of allylic oxidation sites excluding steroid dienone is 1. The topological polar surface area (TPSA) is 52.2 Å². The fourth-order valence-corrected chi connectivity index (χ4v) is 3.10. The maximum Gasteiger partial charge on any atom is 0.279 e. The summed E-state index contributed by atoms with van der Waals surface area (Å²) in [6.07, 6.45) is 7.65. The van der Waals surface area contributed by atoms with E-state index in [1.807, 2.05) is 10.8 Å². The first kappa shape index (κ1) is 12.5. The van der Waals surface area contributed by atoms with Crippen LogP contribution in [0.3, 0.4) is 0 Å². The van der Waals surface area contributed by atoms with Crippen molar-refractivity contribution in [3.05, 3.63) is 34.3 Å². The first-order valence-electron chi connectivity index (χ1n) is 6.42. The van der Waals surface area contributed by atoms with Crippen LogP contribution in [0, 0.1) is 0 Å². The summed E-state index contributed by atoms with van der Waals surface area (Å²) in [6.45, 7) is 4.37. The van der Waals surface area contributed by atoms with Crippen molar-refractivity contribution in [2.75, 3.05) is 6.26 Å². The van der Waals surface area contributed by atoms with E-state index in [-0.39, 0.29) is 5.56 Å². The van der Waals surface area contributed by atoms with E-state index in [4.69, 9.17) is 0 Å². The van der Waals surface area contributed by atoms with Crippen LogP contribution >= 0.6 is 11.8 Å². The Morgan fingerprint density at radius 1 is 1.42 bits per heavy atom. The molecule has 0 unspecified atom stereocenters. The first-order valence-corrected chi connectivity index (χ1v) is 7.65. The number of hydrogen-bond donors (Lipinski definition) is 0. The van der Waals surface area contributed by atoms with Gasteiger partial charge in [-0.2, -0.15) is 4.52 Å². The molecule has 3 rings (SSSR count). The Hall–Kier alpha value is -1.56. The molecule has 1 aliphatic rings. The molecular weight excluding hydrogens is 260 g/mol. The molecule has 0 saturated heterocycles. The Balaban J connectivity index is 2.33. The van der Waals surface area contributed by atoms with E-state index < -0.39 is 0 Å². The van der Waals surface area contributed by atoms with Crippen LogP contribution in [0.4, 0.5) is 0 Å². The highest BCUT2D eigenvalue weighted by Crippen LogP contribution is 2.19. The lowest BCUT2D eigenvalue weighted by Crippen LogP contribution is -2.25. The summed E-state index contributed by atoms with van der Waals surface area (Å²) >= 11 is 1.52. The summed E-state index contributed by atoms with van der Waals surface area (Å²) < 4.78 is 3.38. The van der Waals surface area contributed by atoms with Crippen molar-refractivity contribution >= 4 is 17.5 Å². The smallest absolute Gasteiger partial charge is 0.279 e. The minimum absolute atomic E-state index is 0.00203. The zero-order valence-electron chi connectivity index (χ0n) is 10.9. The Morgan fingerprint density at radius 3 is 2.95 bits per heavy atom. The van der Waals surface area contributed by atoms with Crippen LogP contribution < -0.4 is 5.56 Å². The van der Waals surface area contributed by atoms with E-state index in [2.05, 4.69) is 16.7 Å². The van der Waals surface area contributed by atoms with Gasteiger partial charge in [-0.15, -0.1) is 11.7 Å². The third-order valence-corrected chi connectivity index (χ3v) is 4.13. The molecule has 0 amide bonds. The zero-order chi connectivity index (χ0) is 13.4. The molecule has 2 aromatic rings. The van der Waals surface area contributed by atoms with Crippen molar-refractivity contribution in [2.45, 2.75) is 37.4 Å². The fourth-order valence-electron chi connectivity index (χ4n) is 2.56. The molecule has 0 saturated carbocycles. The van der Waals surface area contributed by atoms with E-state index >= 15 is 0 Å². The number of aromatic nitrogens is 4. The summed E-state index contributed by atoms with van der Waals surface area (Å²) in [7, 11) is 0. The molecule has 100 valence electrons. The third-order valence-electron chi connectivity index (χ3n) is 3.47. The van der Waals surface area contributed by atoms with Crippen LogP contribution in [-0.2, 0) is 19.4 Å². The Bertz CT molecular complexity index is 701.